The lowest BCUT2D eigenvalue weighted by Crippen LogP contribution is -2.44. The molecular weight excluding hydrogens is 507 g/mol. The van der Waals surface area contributed by atoms with Crippen molar-refractivity contribution in [2.45, 2.75) is 63.9 Å². The predicted octanol–water partition coefficient (Wildman–Crippen LogP) is 4.84. The zero-order valence-corrected chi connectivity index (χ0v) is 22.8. The normalized spacial score (nSPS) is 25.0. The van der Waals surface area contributed by atoms with Crippen molar-refractivity contribution in [3.05, 3.63) is 64.6 Å². The molecule has 1 saturated carbocycles. The molecule has 3 aromatic rings. The molecule has 0 radical (unpaired) electrons. The second-order valence-corrected chi connectivity index (χ2v) is 12.9. The topological polar surface area (TPSA) is 90.5 Å². The summed E-state index contributed by atoms with van der Waals surface area (Å²) in [5.74, 6) is 0.166. The number of benzene rings is 1. The lowest BCUT2D eigenvalue weighted by Gasteiger charge is -2.38. The molecule has 8 nitrogen and oxygen atoms in total. The van der Waals surface area contributed by atoms with Crippen molar-refractivity contribution in [2.75, 3.05) is 19.7 Å². The van der Waals surface area contributed by atoms with E-state index in [1.54, 1.807) is 30.3 Å². The van der Waals surface area contributed by atoms with E-state index in [9.17, 15) is 12.8 Å². The zero-order chi connectivity index (χ0) is 26.7. The van der Waals surface area contributed by atoms with Gasteiger partial charge in [-0.3, -0.25) is 0 Å². The van der Waals surface area contributed by atoms with Crippen LogP contribution in [0.5, 0.6) is 0 Å². The summed E-state index contributed by atoms with van der Waals surface area (Å²) >= 11 is 0. The van der Waals surface area contributed by atoms with Gasteiger partial charge in [-0.05, 0) is 93.2 Å². The van der Waals surface area contributed by atoms with Crippen LogP contribution in [0.4, 0.5) is 4.39 Å². The molecule has 3 atom stereocenters. The minimum atomic E-state index is -3.82. The van der Waals surface area contributed by atoms with Crippen molar-refractivity contribution in [2.24, 2.45) is 11.3 Å². The van der Waals surface area contributed by atoms with Gasteiger partial charge in [0.2, 0.25) is 10.0 Å². The molecule has 0 spiro atoms. The highest BCUT2D eigenvalue weighted by Crippen LogP contribution is 2.53. The van der Waals surface area contributed by atoms with Gasteiger partial charge in [-0.2, -0.15) is 9.40 Å². The lowest BCUT2D eigenvalue weighted by atomic mass is 9.70. The average molecular weight is 541 g/mol. The first kappa shape index (κ1) is 25.5. The van der Waals surface area contributed by atoms with E-state index in [-0.39, 0.29) is 28.1 Å². The van der Waals surface area contributed by atoms with Crippen LogP contribution in [0.15, 0.2) is 45.5 Å². The fraction of sp³-hybridized carbons (Fsp3) is 0.500. The van der Waals surface area contributed by atoms with E-state index in [0.717, 1.165) is 49.0 Å². The number of aromatic nitrogens is 3. The Morgan fingerprint density at radius 1 is 1.18 bits per heavy atom. The van der Waals surface area contributed by atoms with E-state index in [1.807, 2.05) is 10.9 Å². The number of ether oxygens (including phenoxy) is 1. The number of hydrogen-bond donors (Lipinski definition) is 0. The Hall–Kier alpha value is -2.82. The first-order chi connectivity index (χ1) is 18.2. The van der Waals surface area contributed by atoms with Crippen LogP contribution >= 0.6 is 0 Å². The van der Waals surface area contributed by atoms with Crippen LogP contribution in [0, 0.1) is 31.0 Å². The maximum absolute atomic E-state index is 14.0. The van der Waals surface area contributed by atoms with Gasteiger partial charge < -0.3 is 9.26 Å². The van der Waals surface area contributed by atoms with E-state index in [4.69, 9.17) is 9.26 Å². The van der Waals surface area contributed by atoms with Gasteiger partial charge in [0.15, 0.2) is 5.76 Å². The predicted molar refractivity (Wildman–Crippen MR) is 140 cm³/mol. The average Bonchev–Trinajstić information content (AvgIpc) is 3.66. The zero-order valence-electron chi connectivity index (χ0n) is 22.0. The van der Waals surface area contributed by atoms with Crippen molar-refractivity contribution < 1.29 is 22.1 Å². The highest BCUT2D eigenvalue weighted by molar-refractivity contribution is 7.89. The van der Waals surface area contributed by atoms with E-state index >= 15 is 0 Å². The number of nitrogens with zero attached hydrogens (tertiary/aromatic N) is 4. The Kier molecular flexibility index (Phi) is 6.32. The molecular formula is C28H33FN4O4S. The van der Waals surface area contributed by atoms with Gasteiger partial charge in [-0.25, -0.2) is 17.5 Å². The van der Waals surface area contributed by atoms with Crippen LogP contribution in [-0.2, 0) is 21.2 Å². The number of rotatable bonds is 7. The summed E-state index contributed by atoms with van der Waals surface area (Å²) < 4.78 is 56.0. The van der Waals surface area contributed by atoms with Gasteiger partial charge in [0.25, 0.3) is 0 Å². The molecule has 38 heavy (non-hydrogen) atoms. The second-order valence-electron chi connectivity index (χ2n) is 11.1. The largest absolute Gasteiger partial charge is 0.377 e. The molecule has 0 amide bonds. The molecule has 1 saturated heterocycles. The molecule has 1 aliphatic heterocycles. The van der Waals surface area contributed by atoms with Gasteiger partial charge in [0.1, 0.15) is 16.4 Å². The molecule has 2 aliphatic carbocycles. The van der Waals surface area contributed by atoms with E-state index in [0.29, 0.717) is 31.2 Å². The summed E-state index contributed by atoms with van der Waals surface area (Å²) in [7, 11) is -3.82. The van der Waals surface area contributed by atoms with Crippen LogP contribution in [0.1, 0.15) is 55.3 Å². The summed E-state index contributed by atoms with van der Waals surface area (Å²) in [5.41, 5.74) is 4.46. The first-order valence-corrected chi connectivity index (χ1v) is 14.7. The number of allylic oxidation sites excluding steroid dienone is 1. The van der Waals surface area contributed by atoms with Crippen LogP contribution < -0.4 is 0 Å². The monoisotopic (exact) mass is 540 g/mol. The van der Waals surface area contributed by atoms with Gasteiger partial charge in [0.05, 0.1) is 23.7 Å². The van der Waals surface area contributed by atoms with Crippen molar-refractivity contribution in [3.63, 3.8) is 0 Å². The van der Waals surface area contributed by atoms with Crippen molar-refractivity contribution in [3.8, 4) is 5.69 Å². The number of aryl methyl sites for hydroxylation is 2. The first-order valence-electron chi connectivity index (χ1n) is 13.3. The molecule has 2 fully saturated rings. The SMILES string of the molecule is Cc1noc(C)c1S(=O)(=O)N(CC1CCCO1)C[C@H]1CCC2=Cc3c(cnn3-c3ccc(F)cc3)C[C@@]21C. The summed E-state index contributed by atoms with van der Waals surface area (Å²) in [6.45, 7) is 6.97. The van der Waals surface area contributed by atoms with Gasteiger partial charge in [-0.1, -0.05) is 17.7 Å². The molecule has 0 N–H and O–H groups in total. The Balaban J connectivity index is 1.31. The van der Waals surface area contributed by atoms with Crippen molar-refractivity contribution >= 4 is 16.1 Å². The highest BCUT2D eigenvalue weighted by Gasteiger charge is 2.47. The fourth-order valence-corrected chi connectivity index (χ4v) is 8.33. The van der Waals surface area contributed by atoms with Crippen LogP contribution in [0.25, 0.3) is 11.8 Å². The summed E-state index contributed by atoms with van der Waals surface area (Å²) in [6.07, 6.45) is 8.36. The molecule has 3 aliphatic rings. The quantitative estimate of drug-likeness (QED) is 0.426. The molecule has 1 aromatic carbocycles. The molecule has 10 heteroatoms. The summed E-state index contributed by atoms with van der Waals surface area (Å²) in [4.78, 5) is 0.168. The fourth-order valence-electron chi connectivity index (χ4n) is 6.52. The molecule has 202 valence electrons. The molecule has 3 heterocycles. The maximum Gasteiger partial charge on any atom is 0.248 e. The summed E-state index contributed by atoms with van der Waals surface area (Å²) in [6, 6.07) is 6.35. The number of fused-ring (bicyclic) bond motifs is 2. The standard InChI is InChI=1S/C28H33FN4O4S/c1-18-27(19(2)37-31-18)38(34,35)32(17-25-5-4-12-36-25)16-22-7-6-21-13-26-20(14-28(21,22)3)15-30-33(26)24-10-8-23(29)9-11-24/h8-11,13,15,22,25H,4-7,12,14,16-17H2,1-3H3/t22-,25?,28+/m1/s1. The number of sulfonamides is 1. The molecule has 2 aromatic heterocycles. The molecule has 0 bridgehead atoms. The highest BCUT2D eigenvalue weighted by atomic mass is 32.2. The maximum atomic E-state index is 14.0. The Morgan fingerprint density at radius 3 is 2.66 bits per heavy atom. The number of hydrogen-bond acceptors (Lipinski definition) is 6. The van der Waals surface area contributed by atoms with Crippen LogP contribution in [0.3, 0.4) is 0 Å². The van der Waals surface area contributed by atoms with Gasteiger partial charge >= 0.3 is 0 Å². The Morgan fingerprint density at radius 2 is 1.97 bits per heavy atom. The third-order valence-electron chi connectivity index (χ3n) is 8.64. The van der Waals surface area contributed by atoms with Crippen LogP contribution in [-0.4, -0.2) is 53.5 Å². The van der Waals surface area contributed by atoms with Crippen molar-refractivity contribution in [1.29, 1.82) is 0 Å². The van der Waals surface area contributed by atoms with E-state index in [2.05, 4.69) is 23.3 Å². The van der Waals surface area contributed by atoms with E-state index in [1.165, 1.54) is 17.7 Å². The molecule has 1 unspecified atom stereocenters. The number of halogens is 1. The lowest BCUT2D eigenvalue weighted by molar-refractivity contribution is 0.0862. The Labute approximate surface area is 222 Å². The van der Waals surface area contributed by atoms with E-state index < -0.39 is 10.0 Å². The molecule has 6 rings (SSSR count). The third-order valence-corrected chi connectivity index (χ3v) is 10.7. The van der Waals surface area contributed by atoms with Gasteiger partial charge in [-0.15, -0.1) is 0 Å². The summed E-state index contributed by atoms with van der Waals surface area (Å²) in [5, 5.41) is 8.53. The van der Waals surface area contributed by atoms with Crippen molar-refractivity contribution in [1.82, 2.24) is 19.2 Å². The Bertz CT molecular complexity index is 1470. The third kappa shape index (κ3) is 4.23. The van der Waals surface area contributed by atoms with Gasteiger partial charge in [0, 0.05) is 19.7 Å². The van der Waals surface area contributed by atoms with Crippen LogP contribution in [0.2, 0.25) is 0 Å². The second kappa shape index (κ2) is 9.43. The minimum Gasteiger partial charge on any atom is -0.377 e. The minimum absolute atomic E-state index is 0.110. The smallest absolute Gasteiger partial charge is 0.248 e.